The maximum absolute atomic E-state index is 12.7. The Labute approximate surface area is 131 Å². The van der Waals surface area contributed by atoms with Crippen molar-refractivity contribution in [1.29, 1.82) is 0 Å². The van der Waals surface area contributed by atoms with Crippen LogP contribution in [0.2, 0.25) is 0 Å². The Hall–Kier alpha value is -2.14. The molecule has 1 aliphatic rings. The fraction of sp³-hybridized carbons (Fsp3) is 0.412. The lowest BCUT2D eigenvalue weighted by molar-refractivity contribution is 0.0628. The molecule has 5 heteroatoms. The molecule has 1 aliphatic heterocycles. The summed E-state index contributed by atoms with van der Waals surface area (Å²) in [5, 5.41) is 3.38. The molecule has 2 heterocycles. The number of benzene rings is 1. The standard InChI is InChI=1S/C17H22N4O/c1-3-13-4-6-14(7-5-13)16-10-18-8-9-21(16)17(22)15-11-20(2)12-19-15/h4-7,11-12,16,18H,3,8-10H2,1-2H3. The molecule has 22 heavy (non-hydrogen) atoms. The number of amides is 1. The fourth-order valence-corrected chi connectivity index (χ4v) is 2.89. The van der Waals surface area contributed by atoms with Gasteiger partial charge in [-0.2, -0.15) is 0 Å². The molecule has 5 nitrogen and oxygen atoms in total. The van der Waals surface area contributed by atoms with Crippen LogP contribution in [-0.2, 0) is 13.5 Å². The van der Waals surface area contributed by atoms with Gasteiger partial charge in [0.25, 0.3) is 5.91 Å². The van der Waals surface area contributed by atoms with Crippen molar-refractivity contribution >= 4 is 5.91 Å². The predicted molar refractivity (Wildman–Crippen MR) is 85.7 cm³/mol. The Bertz CT molecular complexity index is 647. The average molecular weight is 298 g/mol. The van der Waals surface area contributed by atoms with Crippen molar-refractivity contribution in [3.8, 4) is 0 Å². The van der Waals surface area contributed by atoms with Crippen molar-refractivity contribution in [3.05, 3.63) is 53.6 Å². The monoisotopic (exact) mass is 298 g/mol. The molecule has 1 unspecified atom stereocenters. The van der Waals surface area contributed by atoms with E-state index in [4.69, 9.17) is 0 Å². The number of nitrogens with zero attached hydrogens (tertiary/aromatic N) is 3. The first-order chi connectivity index (χ1) is 10.7. The number of nitrogens with one attached hydrogen (secondary N) is 1. The summed E-state index contributed by atoms with van der Waals surface area (Å²) in [7, 11) is 1.88. The van der Waals surface area contributed by atoms with Crippen molar-refractivity contribution in [2.24, 2.45) is 7.05 Å². The zero-order valence-electron chi connectivity index (χ0n) is 13.1. The Morgan fingerprint density at radius 2 is 2.14 bits per heavy atom. The second kappa shape index (κ2) is 6.32. The van der Waals surface area contributed by atoms with Crippen molar-refractivity contribution in [2.45, 2.75) is 19.4 Å². The van der Waals surface area contributed by atoms with Gasteiger partial charge in [-0.15, -0.1) is 0 Å². The number of piperazine rings is 1. The molecule has 2 aromatic rings. The third kappa shape index (κ3) is 2.90. The number of aryl methyl sites for hydroxylation is 2. The van der Waals surface area contributed by atoms with Crippen molar-refractivity contribution in [3.63, 3.8) is 0 Å². The number of hydrogen-bond acceptors (Lipinski definition) is 3. The van der Waals surface area contributed by atoms with E-state index in [-0.39, 0.29) is 11.9 Å². The molecular weight excluding hydrogens is 276 g/mol. The highest BCUT2D eigenvalue weighted by atomic mass is 16.2. The summed E-state index contributed by atoms with van der Waals surface area (Å²) in [6.45, 7) is 4.45. The first-order valence-electron chi connectivity index (χ1n) is 7.77. The number of imidazole rings is 1. The molecule has 1 N–H and O–H groups in total. The smallest absolute Gasteiger partial charge is 0.274 e. The summed E-state index contributed by atoms with van der Waals surface area (Å²) in [5.41, 5.74) is 3.00. The molecular formula is C17H22N4O. The van der Waals surface area contributed by atoms with Gasteiger partial charge >= 0.3 is 0 Å². The van der Waals surface area contributed by atoms with Gasteiger partial charge in [-0.3, -0.25) is 4.79 Å². The van der Waals surface area contributed by atoms with Crippen LogP contribution in [0.15, 0.2) is 36.8 Å². The van der Waals surface area contributed by atoms with Crippen LogP contribution in [0.4, 0.5) is 0 Å². The molecule has 1 aromatic carbocycles. The van der Waals surface area contributed by atoms with Crippen LogP contribution in [0.5, 0.6) is 0 Å². The van der Waals surface area contributed by atoms with E-state index in [9.17, 15) is 4.79 Å². The lowest BCUT2D eigenvalue weighted by atomic mass is 10.0. The van der Waals surface area contributed by atoms with Crippen LogP contribution in [0.3, 0.4) is 0 Å². The summed E-state index contributed by atoms with van der Waals surface area (Å²) in [5.74, 6) is 0.00617. The second-order valence-corrected chi connectivity index (χ2v) is 5.74. The molecule has 3 rings (SSSR count). The molecule has 0 bridgehead atoms. The van der Waals surface area contributed by atoms with Crippen LogP contribution in [0.1, 0.15) is 34.6 Å². The van der Waals surface area contributed by atoms with E-state index >= 15 is 0 Å². The molecule has 0 aliphatic carbocycles. The van der Waals surface area contributed by atoms with E-state index in [0.29, 0.717) is 12.2 Å². The van der Waals surface area contributed by atoms with Gasteiger partial charge in [-0.25, -0.2) is 4.98 Å². The molecule has 116 valence electrons. The zero-order valence-corrected chi connectivity index (χ0v) is 13.1. The van der Waals surface area contributed by atoms with Gasteiger partial charge in [0.15, 0.2) is 0 Å². The van der Waals surface area contributed by atoms with Gasteiger partial charge < -0.3 is 14.8 Å². The number of aromatic nitrogens is 2. The fourth-order valence-electron chi connectivity index (χ4n) is 2.89. The third-order valence-electron chi connectivity index (χ3n) is 4.20. The minimum atomic E-state index is 0.00617. The highest BCUT2D eigenvalue weighted by Crippen LogP contribution is 2.24. The van der Waals surface area contributed by atoms with Crippen LogP contribution in [-0.4, -0.2) is 40.0 Å². The molecule has 0 radical (unpaired) electrons. The van der Waals surface area contributed by atoms with Gasteiger partial charge in [-0.05, 0) is 17.5 Å². The van der Waals surface area contributed by atoms with Crippen molar-refractivity contribution < 1.29 is 4.79 Å². The van der Waals surface area contributed by atoms with Gasteiger partial charge in [0.05, 0.1) is 12.4 Å². The highest BCUT2D eigenvalue weighted by Gasteiger charge is 2.29. The van der Waals surface area contributed by atoms with Gasteiger partial charge in [0.1, 0.15) is 5.69 Å². The molecule has 0 spiro atoms. The van der Waals surface area contributed by atoms with Crippen LogP contribution >= 0.6 is 0 Å². The lowest BCUT2D eigenvalue weighted by Gasteiger charge is -2.36. The second-order valence-electron chi connectivity index (χ2n) is 5.74. The molecule has 1 saturated heterocycles. The summed E-state index contributed by atoms with van der Waals surface area (Å²) in [6, 6.07) is 8.62. The van der Waals surface area contributed by atoms with Crippen LogP contribution in [0.25, 0.3) is 0 Å². The zero-order chi connectivity index (χ0) is 15.5. The maximum atomic E-state index is 12.7. The molecule has 1 amide bonds. The Balaban J connectivity index is 1.85. The van der Waals surface area contributed by atoms with E-state index in [1.807, 2.05) is 11.9 Å². The van der Waals surface area contributed by atoms with E-state index in [2.05, 4.69) is 41.5 Å². The van der Waals surface area contributed by atoms with E-state index in [0.717, 1.165) is 19.5 Å². The third-order valence-corrected chi connectivity index (χ3v) is 4.20. The maximum Gasteiger partial charge on any atom is 0.274 e. The average Bonchev–Trinajstić information content (AvgIpc) is 3.01. The lowest BCUT2D eigenvalue weighted by Crippen LogP contribution is -2.48. The van der Waals surface area contributed by atoms with Crippen molar-refractivity contribution in [1.82, 2.24) is 19.8 Å². The Morgan fingerprint density at radius 3 is 2.77 bits per heavy atom. The first kappa shape index (κ1) is 14.8. The number of carbonyl (C=O) groups excluding carboxylic acids is 1. The van der Waals surface area contributed by atoms with E-state index in [1.54, 1.807) is 17.1 Å². The minimum absolute atomic E-state index is 0.00617. The quantitative estimate of drug-likeness (QED) is 0.939. The highest BCUT2D eigenvalue weighted by molar-refractivity contribution is 5.92. The van der Waals surface area contributed by atoms with E-state index in [1.165, 1.54) is 11.1 Å². The first-order valence-corrected chi connectivity index (χ1v) is 7.77. The topological polar surface area (TPSA) is 50.2 Å². The number of hydrogen-bond donors (Lipinski definition) is 1. The molecule has 1 aromatic heterocycles. The Morgan fingerprint density at radius 1 is 1.36 bits per heavy atom. The number of carbonyl (C=O) groups is 1. The van der Waals surface area contributed by atoms with Gasteiger partial charge in [0, 0.05) is 32.9 Å². The predicted octanol–water partition coefficient (Wildman–Crippen LogP) is 1.77. The normalized spacial score (nSPS) is 18.5. The van der Waals surface area contributed by atoms with Gasteiger partial charge in [-0.1, -0.05) is 31.2 Å². The number of rotatable bonds is 3. The SMILES string of the molecule is CCc1ccc(C2CNCCN2C(=O)c2cn(C)cn2)cc1. The Kier molecular flexibility index (Phi) is 4.24. The summed E-state index contributed by atoms with van der Waals surface area (Å²) in [4.78, 5) is 18.9. The van der Waals surface area contributed by atoms with Crippen LogP contribution in [0, 0.1) is 0 Å². The minimum Gasteiger partial charge on any atom is -0.340 e. The molecule has 1 atom stereocenters. The molecule has 1 fully saturated rings. The van der Waals surface area contributed by atoms with Gasteiger partial charge in [0.2, 0.25) is 0 Å². The van der Waals surface area contributed by atoms with Crippen molar-refractivity contribution in [2.75, 3.05) is 19.6 Å². The molecule has 0 saturated carbocycles. The summed E-state index contributed by atoms with van der Waals surface area (Å²) in [6.07, 6.45) is 4.47. The van der Waals surface area contributed by atoms with E-state index < -0.39 is 0 Å². The summed E-state index contributed by atoms with van der Waals surface area (Å²) < 4.78 is 1.81. The largest absolute Gasteiger partial charge is 0.340 e. The van der Waals surface area contributed by atoms with Crippen LogP contribution < -0.4 is 5.32 Å². The summed E-state index contributed by atoms with van der Waals surface area (Å²) >= 11 is 0.